The average molecular weight is 339 g/mol. The van der Waals surface area contributed by atoms with Gasteiger partial charge in [0, 0.05) is 12.6 Å². The first-order chi connectivity index (χ1) is 12.6. The van der Waals surface area contributed by atoms with E-state index in [0.29, 0.717) is 5.56 Å². The number of hydrogen-bond donors (Lipinski definition) is 0. The molecule has 3 nitrogen and oxygen atoms in total. The van der Waals surface area contributed by atoms with Crippen LogP contribution in [0.3, 0.4) is 0 Å². The molecule has 0 N–H and O–H groups in total. The Hall–Kier alpha value is -3.25. The Morgan fingerprint density at radius 2 is 1.69 bits per heavy atom. The van der Waals surface area contributed by atoms with Crippen molar-refractivity contribution in [3.8, 4) is 17.2 Å². The lowest BCUT2D eigenvalue weighted by atomic mass is 9.99. The molecule has 3 aromatic carbocycles. The standard InChI is InChI=1S/C23H21N3/c1-16-8-7-11-20(19-9-5-4-6-10-19)23(16)26-17(2)25(3)21-13-12-18(15-24)14-22(21)26/h4-14,17H,1-3H3/t17-/m0/s1. The average Bonchev–Trinajstić information content (AvgIpc) is 2.92. The van der Waals surface area contributed by atoms with Crippen LogP contribution in [0.2, 0.25) is 0 Å². The molecule has 3 heteroatoms. The predicted molar refractivity (Wildman–Crippen MR) is 108 cm³/mol. The quantitative estimate of drug-likeness (QED) is 0.620. The second-order valence-electron chi connectivity index (χ2n) is 6.77. The van der Waals surface area contributed by atoms with Crippen LogP contribution in [-0.2, 0) is 0 Å². The number of aryl methyl sites for hydroxylation is 1. The van der Waals surface area contributed by atoms with Crippen LogP contribution in [0.15, 0.2) is 66.7 Å². The molecule has 26 heavy (non-hydrogen) atoms. The minimum Gasteiger partial charge on any atom is -0.353 e. The van der Waals surface area contributed by atoms with E-state index in [9.17, 15) is 5.26 Å². The van der Waals surface area contributed by atoms with Gasteiger partial charge in [-0.15, -0.1) is 0 Å². The van der Waals surface area contributed by atoms with E-state index >= 15 is 0 Å². The Labute approximate surface area is 154 Å². The summed E-state index contributed by atoms with van der Waals surface area (Å²) in [4.78, 5) is 4.62. The number of nitrogens with zero attached hydrogens (tertiary/aromatic N) is 3. The molecule has 3 aromatic rings. The number of hydrogen-bond acceptors (Lipinski definition) is 3. The SMILES string of the molecule is Cc1cccc(-c2ccccc2)c1N1c2cc(C#N)ccc2N(C)[C@@H]1C. The van der Waals surface area contributed by atoms with Gasteiger partial charge in [-0.05, 0) is 43.2 Å². The summed E-state index contributed by atoms with van der Waals surface area (Å²) in [5.74, 6) is 0. The van der Waals surface area contributed by atoms with Gasteiger partial charge in [-0.25, -0.2) is 0 Å². The monoisotopic (exact) mass is 339 g/mol. The van der Waals surface area contributed by atoms with Crippen molar-refractivity contribution < 1.29 is 0 Å². The summed E-state index contributed by atoms with van der Waals surface area (Å²) in [6, 6.07) is 25.1. The van der Waals surface area contributed by atoms with Crippen molar-refractivity contribution in [2.24, 2.45) is 0 Å². The molecular formula is C23H21N3. The van der Waals surface area contributed by atoms with Crippen LogP contribution in [-0.4, -0.2) is 13.2 Å². The summed E-state index contributed by atoms with van der Waals surface area (Å²) < 4.78 is 0. The Kier molecular flexibility index (Phi) is 3.89. The number of anilines is 3. The molecule has 1 atom stereocenters. The van der Waals surface area contributed by atoms with Crippen LogP contribution in [0, 0.1) is 18.3 Å². The van der Waals surface area contributed by atoms with Gasteiger partial charge in [-0.3, -0.25) is 0 Å². The third kappa shape index (κ3) is 2.43. The van der Waals surface area contributed by atoms with Crippen LogP contribution in [0.25, 0.3) is 11.1 Å². The molecule has 0 saturated heterocycles. The van der Waals surface area contributed by atoms with E-state index in [1.807, 2.05) is 24.3 Å². The summed E-state index contributed by atoms with van der Waals surface area (Å²) in [6.45, 7) is 4.36. The van der Waals surface area contributed by atoms with E-state index in [-0.39, 0.29) is 6.17 Å². The van der Waals surface area contributed by atoms with Gasteiger partial charge in [0.2, 0.25) is 0 Å². The molecule has 0 spiro atoms. The fourth-order valence-electron chi connectivity index (χ4n) is 3.80. The fourth-order valence-corrected chi connectivity index (χ4v) is 3.80. The van der Waals surface area contributed by atoms with Crippen molar-refractivity contribution in [2.75, 3.05) is 16.8 Å². The first kappa shape index (κ1) is 16.2. The van der Waals surface area contributed by atoms with Gasteiger partial charge in [0.1, 0.15) is 6.17 Å². The number of fused-ring (bicyclic) bond motifs is 1. The van der Waals surface area contributed by atoms with Crippen molar-refractivity contribution in [1.29, 1.82) is 5.26 Å². The van der Waals surface area contributed by atoms with Crippen molar-refractivity contribution in [3.63, 3.8) is 0 Å². The Morgan fingerprint density at radius 1 is 0.923 bits per heavy atom. The highest BCUT2D eigenvalue weighted by atomic mass is 15.4. The van der Waals surface area contributed by atoms with Crippen LogP contribution >= 0.6 is 0 Å². The summed E-state index contributed by atoms with van der Waals surface area (Å²) >= 11 is 0. The fraction of sp³-hybridized carbons (Fsp3) is 0.174. The third-order valence-corrected chi connectivity index (χ3v) is 5.24. The van der Waals surface area contributed by atoms with E-state index in [2.05, 4.69) is 79.2 Å². The maximum absolute atomic E-state index is 9.36. The smallest absolute Gasteiger partial charge is 0.103 e. The molecule has 0 amide bonds. The zero-order valence-corrected chi connectivity index (χ0v) is 15.3. The zero-order valence-electron chi connectivity index (χ0n) is 15.3. The molecule has 4 rings (SSSR count). The number of benzene rings is 3. The van der Waals surface area contributed by atoms with Gasteiger partial charge in [-0.1, -0.05) is 48.5 Å². The number of nitriles is 1. The number of para-hydroxylation sites is 1. The largest absolute Gasteiger partial charge is 0.353 e. The lowest BCUT2D eigenvalue weighted by Crippen LogP contribution is -2.36. The molecule has 1 aliphatic heterocycles. The highest BCUT2D eigenvalue weighted by molar-refractivity contribution is 5.91. The molecule has 0 saturated carbocycles. The second kappa shape index (κ2) is 6.24. The Morgan fingerprint density at radius 3 is 2.42 bits per heavy atom. The molecule has 0 aliphatic carbocycles. The molecule has 0 radical (unpaired) electrons. The number of rotatable bonds is 2. The highest BCUT2D eigenvalue weighted by Crippen LogP contribution is 2.47. The maximum Gasteiger partial charge on any atom is 0.103 e. The van der Waals surface area contributed by atoms with Crippen molar-refractivity contribution in [1.82, 2.24) is 0 Å². The van der Waals surface area contributed by atoms with Gasteiger partial charge >= 0.3 is 0 Å². The summed E-state index contributed by atoms with van der Waals surface area (Å²) in [7, 11) is 2.11. The minimum absolute atomic E-state index is 0.169. The van der Waals surface area contributed by atoms with E-state index in [4.69, 9.17) is 0 Å². The lowest BCUT2D eigenvalue weighted by Gasteiger charge is -2.31. The zero-order chi connectivity index (χ0) is 18.3. The maximum atomic E-state index is 9.36. The molecule has 0 fully saturated rings. The molecule has 0 bridgehead atoms. The van der Waals surface area contributed by atoms with Gasteiger partial charge < -0.3 is 9.80 Å². The summed E-state index contributed by atoms with van der Waals surface area (Å²) in [6.07, 6.45) is 0.169. The van der Waals surface area contributed by atoms with Gasteiger partial charge in [0.25, 0.3) is 0 Å². The van der Waals surface area contributed by atoms with Crippen molar-refractivity contribution >= 4 is 17.1 Å². The normalized spacial score (nSPS) is 15.7. The van der Waals surface area contributed by atoms with Crippen LogP contribution in [0.4, 0.5) is 17.1 Å². The van der Waals surface area contributed by atoms with E-state index in [1.165, 1.54) is 22.4 Å². The highest BCUT2D eigenvalue weighted by Gasteiger charge is 2.33. The van der Waals surface area contributed by atoms with Crippen LogP contribution < -0.4 is 9.80 Å². The lowest BCUT2D eigenvalue weighted by molar-refractivity contribution is 0.733. The molecule has 0 aromatic heterocycles. The van der Waals surface area contributed by atoms with Crippen LogP contribution in [0.1, 0.15) is 18.1 Å². The molecule has 0 unspecified atom stereocenters. The summed E-state index contributed by atoms with van der Waals surface area (Å²) in [5.41, 5.74) is 7.76. The van der Waals surface area contributed by atoms with E-state index < -0.39 is 0 Å². The molecular weight excluding hydrogens is 318 g/mol. The first-order valence-electron chi connectivity index (χ1n) is 8.83. The van der Waals surface area contributed by atoms with Gasteiger partial charge in [-0.2, -0.15) is 5.26 Å². The topological polar surface area (TPSA) is 30.3 Å². The van der Waals surface area contributed by atoms with Gasteiger partial charge in [0.05, 0.1) is 28.7 Å². The molecule has 128 valence electrons. The van der Waals surface area contributed by atoms with E-state index in [0.717, 1.165) is 11.4 Å². The molecule has 1 aliphatic rings. The van der Waals surface area contributed by atoms with Crippen LogP contribution in [0.5, 0.6) is 0 Å². The Balaban J connectivity index is 1.96. The predicted octanol–water partition coefficient (Wildman–Crippen LogP) is 5.47. The van der Waals surface area contributed by atoms with Crippen molar-refractivity contribution in [2.45, 2.75) is 20.0 Å². The second-order valence-corrected chi connectivity index (χ2v) is 6.77. The minimum atomic E-state index is 0.169. The first-order valence-corrected chi connectivity index (χ1v) is 8.83. The van der Waals surface area contributed by atoms with Crippen molar-refractivity contribution in [3.05, 3.63) is 77.9 Å². The Bertz CT molecular complexity index is 1000. The molecule has 1 heterocycles. The third-order valence-electron chi connectivity index (χ3n) is 5.24. The van der Waals surface area contributed by atoms with E-state index in [1.54, 1.807) is 0 Å². The summed E-state index contributed by atoms with van der Waals surface area (Å²) in [5, 5.41) is 9.36. The van der Waals surface area contributed by atoms with Gasteiger partial charge in [0.15, 0.2) is 0 Å².